The average molecular weight is 392 g/mol. The number of nitrogens with zero attached hydrogens (tertiary/aromatic N) is 4. The van der Waals surface area contributed by atoms with E-state index in [2.05, 4.69) is 51.8 Å². The predicted octanol–water partition coefficient (Wildman–Crippen LogP) is 3.32. The fourth-order valence-corrected chi connectivity index (χ4v) is 3.77. The molecule has 0 amide bonds. The Kier molecular flexibility index (Phi) is 5.92. The van der Waals surface area contributed by atoms with Gasteiger partial charge in [-0.05, 0) is 43.7 Å². The highest BCUT2D eigenvalue weighted by molar-refractivity contribution is 5.87. The molecule has 6 nitrogen and oxygen atoms in total. The third kappa shape index (κ3) is 5.02. The second kappa shape index (κ2) is 8.76. The Hall–Kier alpha value is -2.70. The summed E-state index contributed by atoms with van der Waals surface area (Å²) < 4.78 is 5.82. The normalized spacial score (nSPS) is 15.8. The molecule has 2 aromatic carbocycles. The van der Waals surface area contributed by atoms with Gasteiger partial charge in [0.25, 0.3) is 0 Å². The van der Waals surface area contributed by atoms with Gasteiger partial charge in [-0.25, -0.2) is 9.97 Å². The lowest BCUT2D eigenvalue weighted by Crippen LogP contribution is -2.45. The van der Waals surface area contributed by atoms with Crippen molar-refractivity contribution in [3.63, 3.8) is 0 Å². The van der Waals surface area contributed by atoms with Gasteiger partial charge in [-0.1, -0.05) is 24.3 Å². The lowest BCUT2D eigenvalue weighted by molar-refractivity contribution is 0.120. The molecule has 3 aromatic rings. The molecule has 0 unspecified atom stereocenters. The maximum atomic E-state index is 6.12. The van der Waals surface area contributed by atoms with Crippen LogP contribution in [0.25, 0.3) is 10.9 Å². The van der Waals surface area contributed by atoms with Gasteiger partial charge in [0.1, 0.15) is 17.4 Å². The lowest BCUT2D eigenvalue weighted by atomic mass is 10.2. The molecule has 0 radical (unpaired) electrons. The van der Waals surface area contributed by atoms with Gasteiger partial charge in [0.05, 0.1) is 18.2 Å². The molecule has 0 saturated carbocycles. The van der Waals surface area contributed by atoms with Crippen LogP contribution >= 0.6 is 0 Å². The Morgan fingerprint density at radius 1 is 0.931 bits per heavy atom. The number of hydrogen-bond acceptors (Lipinski definition) is 6. The molecular weight excluding hydrogens is 362 g/mol. The van der Waals surface area contributed by atoms with E-state index in [0.29, 0.717) is 5.82 Å². The molecule has 1 saturated heterocycles. The second-order valence-corrected chi connectivity index (χ2v) is 7.91. The van der Waals surface area contributed by atoms with E-state index in [9.17, 15) is 0 Å². The van der Waals surface area contributed by atoms with E-state index in [0.717, 1.165) is 61.7 Å². The number of hydrogen-bond donors (Lipinski definition) is 1. The standard InChI is InChI=1S/C23H29N5O/c1-17(2)29-19-7-5-6-18(14-19)15-27-10-12-28(13-11-27)16-22-25-21-9-4-3-8-20(21)23(24)26-22/h3-9,14,17H,10-13,15-16H2,1-2H3,(H2,24,25,26). The highest BCUT2D eigenvalue weighted by atomic mass is 16.5. The molecule has 6 heteroatoms. The van der Waals surface area contributed by atoms with Crippen molar-refractivity contribution in [1.82, 2.24) is 19.8 Å². The molecule has 1 aliphatic rings. The Morgan fingerprint density at radius 2 is 1.66 bits per heavy atom. The molecule has 0 atom stereocenters. The van der Waals surface area contributed by atoms with Crippen LogP contribution in [0.4, 0.5) is 5.82 Å². The zero-order chi connectivity index (χ0) is 20.2. The third-order valence-electron chi connectivity index (χ3n) is 5.19. The van der Waals surface area contributed by atoms with E-state index in [1.807, 2.05) is 30.3 Å². The average Bonchev–Trinajstić information content (AvgIpc) is 2.69. The van der Waals surface area contributed by atoms with Crippen molar-refractivity contribution in [3.05, 3.63) is 59.9 Å². The van der Waals surface area contributed by atoms with Crippen LogP contribution in [0.15, 0.2) is 48.5 Å². The summed E-state index contributed by atoms with van der Waals surface area (Å²) >= 11 is 0. The molecule has 1 fully saturated rings. The Bertz CT molecular complexity index is 966. The summed E-state index contributed by atoms with van der Waals surface area (Å²) in [5, 5.41) is 0.921. The van der Waals surface area contributed by atoms with Crippen LogP contribution in [0.5, 0.6) is 5.75 Å². The molecule has 0 aliphatic carbocycles. The zero-order valence-electron chi connectivity index (χ0n) is 17.2. The number of piperazine rings is 1. The quantitative estimate of drug-likeness (QED) is 0.695. The van der Waals surface area contributed by atoms with E-state index in [1.165, 1.54) is 5.56 Å². The van der Waals surface area contributed by atoms with Gasteiger partial charge in [-0.2, -0.15) is 0 Å². The smallest absolute Gasteiger partial charge is 0.145 e. The molecule has 0 bridgehead atoms. The van der Waals surface area contributed by atoms with Crippen molar-refractivity contribution in [2.75, 3.05) is 31.9 Å². The van der Waals surface area contributed by atoms with Gasteiger partial charge in [0.2, 0.25) is 0 Å². The third-order valence-corrected chi connectivity index (χ3v) is 5.19. The van der Waals surface area contributed by atoms with Crippen LogP contribution < -0.4 is 10.5 Å². The van der Waals surface area contributed by atoms with Gasteiger partial charge >= 0.3 is 0 Å². The molecule has 4 rings (SSSR count). The first-order valence-electron chi connectivity index (χ1n) is 10.3. The highest BCUT2D eigenvalue weighted by Gasteiger charge is 2.18. The molecule has 2 heterocycles. The summed E-state index contributed by atoms with van der Waals surface area (Å²) in [6.07, 6.45) is 0.195. The highest BCUT2D eigenvalue weighted by Crippen LogP contribution is 2.19. The number of benzene rings is 2. The maximum absolute atomic E-state index is 6.12. The van der Waals surface area contributed by atoms with Crippen molar-refractivity contribution >= 4 is 16.7 Å². The van der Waals surface area contributed by atoms with Crippen LogP contribution in [0.2, 0.25) is 0 Å². The maximum Gasteiger partial charge on any atom is 0.145 e. The minimum absolute atomic E-state index is 0.195. The van der Waals surface area contributed by atoms with Crippen molar-refractivity contribution in [1.29, 1.82) is 0 Å². The van der Waals surface area contributed by atoms with Crippen LogP contribution in [0.1, 0.15) is 25.2 Å². The van der Waals surface area contributed by atoms with Gasteiger partial charge in [-0.15, -0.1) is 0 Å². The summed E-state index contributed by atoms with van der Waals surface area (Å²) in [7, 11) is 0. The molecule has 1 aromatic heterocycles. The fourth-order valence-electron chi connectivity index (χ4n) is 3.77. The van der Waals surface area contributed by atoms with Crippen LogP contribution in [0.3, 0.4) is 0 Å². The molecule has 2 N–H and O–H groups in total. The minimum Gasteiger partial charge on any atom is -0.491 e. The van der Waals surface area contributed by atoms with E-state index >= 15 is 0 Å². The Morgan fingerprint density at radius 3 is 2.41 bits per heavy atom. The minimum atomic E-state index is 0.195. The summed E-state index contributed by atoms with van der Waals surface area (Å²) in [6, 6.07) is 16.3. The number of rotatable bonds is 6. The fraction of sp³-hybridized carbons (Fsp3) is 0.391. The summed E-state index contributed by atoms with van der Waals surface area (Å²) in [5.74, 6) is 2.31. The molecule has 0 spiro atoms. The molecule has 29 heavy (non-hydrogen) atoms. The van der Waals surface area contributed by atoms with E-state index in [4.69, 9.17) is 10.5 Å². The number of fused-ring (bicyclic) bond motifs is 1. The van der Waals surface area contributed by atoms with Crippen molar-refractivity contribution in [3.8, 4) is 5.75 Å². The van der Waals surface area contributed by atoms with E-state index in [-0.39, 0.29) is 6.10 Å². The molecule has 152 valence electrons. The van der Waals surface area contributed by atoms with Gasteiger partial charge in [0, 0.05) is 38.1 Å². The number of nitrogen functional groups attached to an aromatic ring is 1. The monoisotopic (exact) mass is 391 g/mol. The summed E-state index contributed by atoms with van der Waals surface area (Å²) in [5.41, 5.74) is 8.33. The summed E-state index contributed by atoms with van der Waals surface area (Å²) in [6.45, 7) is 9.84. The van der Waals surface area contributed by atoms with Crippen LogP contribution in [-0.2, 0) is 13.1 Å². The predicted molar refractivity (Wildman–Crippen MR) is 117 cm³/mol. The number of para-hydroxylation sites is 1. The number of ether oxygens (including phenoxy) is 1. The van der Waals surface area contributed by atoms with E-state index in [1.54, 1.807) is 0 Å². The first-order valence-corrected chi connectivity index (χ1v) is 10.3. The number of anilines is 1. The van der Waals surface area contributed by atoms with Crippen molar-refractivity contribution < 1.29 is 4.74 Å². The van der Waals surface area contributed by atoms with Gasteiger partial charge in [0.15, 0.2) is 0 Å². The van der Waals surface area contributed by atoms with Crippen LogP contribution in [-0.4, -0.2) is 52.1 Å². The number of aromatic nitrogens is 2. The first kappa shape index (κ1) is 19.6. The SMILES string of the molecule is CC(C)Oc1cccc(CN2CCN(Cc3nc(N)c4ccccc4n3)CC2)c1. The Labute approximate surface area is 172 Å². The first-order chi connectivity index (χ1) is 14.1. The number of nitrogens with two attached hydrogens (primary N) is 1. The summed E-state index contributed by atoms with van der Waals surface area (Å²) in [4.78, 5) is 14.1. The molecular formula is C23H29N5O. The van der Waals surface area contributed by atoms with Gasteiger partial charge in [-0.3, -0.25) is 9.80 Å². The largest absolute Gasteiger partial charge is 0.491 e. The van der Waals surface area contributed by atoms with Crippen molar-refractivity contribution in [2.24, 2.45) is 0 Å². The lowest BCUT2D eigenvalue weighted by Gasteiger charge is -2.34. The zero-order valence-corrected chi connectivity index (χ0v) is 17.2. The van der Waals surface area contributed by atoms with Crippen LogP contribution in [0, 0.1) is 0 Å². The topological polar surface area (TPSA) is 67.5 Å². The van der Waals surface area contributed by atoms with Crippen molar-refractivity contribution in [2.45, 2.75) is 33.0 Å². The molecule has 1 aliphatic heterocycles. The second-order valence-electron chi connectivity index (χ2n) is 7.91. The van der Waals surface area contributed by atoms with Gasteiger partial charge < -0.3 is 10.5 Å². The van der Waals surface area contributed by atoms with E-state index < -0.39 is 0 Å². The Balaban J connectivity index is 1.33.